The van der Waals surface area contributed by atoms with Gasteiger partial charge in [0.15, 0.2) is 0 Å². The van der Waals surface area contributed by atoms with Crippen molar-refractivity contribution in [1.82, 2.24) is 19.8 Å². The van der Waals surface area contributed by atoms with Gasteiger partial charge in [-0.2, -0.15) is 0 Å². The molecule has 1 aliphatic rings. The van der Waals surface area contributed by atoms with Gasteiger partial charge >= 0.3 is 0 Å². The Hall–Kier alpha value is -3.98. The van der Waals surface area contributed by atoms with E-state index in [1.807, 2.05) is 18.2 Å². The van der Waals surface area contributed by atoms with Crippen LogP contribution in [0.4, 0.5) is 5.82 Å². The van der Waals surface area contributed by atoms with Gasteiger partial charge in [-0.15, -0.1) is 0 Å². The number of hydrogen-bond acceptors (Lipinski definition) is 7. The zero-order valence-electron chi connectivity index (χ0n) is 18.2. The summed E-state index contributed by atoms with van der Waals surface area (Å²) < 4.78 is 5.62. The highest BCUT2D eigenvalue weighted by Gasteiger charge is 2.31. The first-order valence-corrected chi connectivity index (χ1v) is 10.5. The number of carbonyl (C=O) groups is 2. The fourth-order valence-electron chi connectivity index (χ4n) is 3.85. The number of rotatable bonds is 6. The molecule has 4 rings (SSSR count). The molecule has 2 heterocycles. The van der Waals surface area contributed by atoms with E-state index in [0.29, 0.717) is 30.9 Å². The zero-order valence-corrected chi connectivity index (χ0v) is 18.2. The third kappa shape index (κ3) is 5.09. The maximum atomic E-state index is 12.8. The molecule has 2 aromatic carbocycles. The van der Waals surface area contributed by atoms with Gasteiger partial charge in [0.25, 0.3) is 0 Å². The van der Waals surface area contributed by atoms with Gasteiger partial charge in [-0.3, -0.25) is 9.59 Å². The Bertz CT molecular complexity index is 1210. The minimum absolute atomic E-state index is 0.0233. The van der Waals surface area contributed by atoms with Crippen LogP contribution in [-0.2, 0) is 20.7 Å². The van der Waals surface area contributed by atoms with Crippen LogP contribution < -0.4 is 5.73 Å². The number of methoxy groups -OCH3 is 1. The first-order chi connectivity index (χ1) is 15.9. The minimum atomic E-state index is -0.464. The lowest BCUT2D eigenvalue weighted by atomic mass is 10.1. The lowest BCUT2D eigenvalue weighted by Gasteiger charge is -2.38. The predicted molar refractivity (Wildman–Crippen MR) is 124 cm³/mol. The Morgan fingerprint density at radius 2 is 2.09 bits per heavy atom. The summed E-state index contributed by atoms with van der Waals surface area (Å²) in [6.07, 6.45) is 4.47. The van der Waals surface area contributed by atoms with E-state index in [9.17, 15) is 14.7 Å². The summed E-state index contributed by atoms with van der Waals surface area (Å²) >= 11 is 0. The maximum Gasteiger partial charge on any atom is 0.247 e. The molecule has 1 saturated heterocycles. The van der Waals surface area contributed by atoms with Crippen molar-refractivity contribution in [3.8, 4) is 5.75 Å². The molecule has 3 N–H and O–H groups in total. The Labute approximate surface area is 191 Å². The quantitative estimate of drug-likeness (QED) is 0.553. The number of ether oxygens (including phenoxy) is 1. The van der Waals surface area contributed by atoms with Gasteiger partial charge in [-0.05, 0) is 41.5 Å². The monoisotopic (exact) mass is 447 g/mol. The van der Waals surface area contributed by atoms with E-state index in [0.717, 1.165) is 16.5 Å². The number of aromatic hydroxyl groups is 1. The fourth-order valence-corrected chi connectivity index (χ4v) is 3.85. The van der Waals surface area contributed by atoms with Crippen molar-refractivity contribution in [3.05, 3.63) is 66.0 Å². The average Bonchev–Trinajstić information content (AvgIpc) is 2.81. The van der Waals surface area contributed by atoms with Crippen LogP contribution in [0.25, 0.3) is 17.0 Å². The number of benzene rings is 2. The van der Waals surface area contributed by atoms with E-state index in [4.69, 9.17) is 10.5 Å². The van der Waals surface area contributed by atoms with E-state index >= 15 is 0 Å². The van der Waals surface area contributed by atoms with Crippen molar-refractivity contribution in [2.24, 2.45) is 0 Å². The lowest BCUT2D eigenvalue weighted by Crippen LogP contribution is -2.56. The van der Waals surface area contributed by atoms with Crippen molar-refractivity contribution in [2.45, 2.75) is 12.6 Å². The third-order valence-corrected chi connectivity index (χ3v) is 5.62. The molecule has 0 spiro atoms. The molecule has 9 heteroatoms. The second kappa shape index (κ2) is 9.66. The van der Waals surface area contributed by atoms with Crippen LogP contribution in [0.2, 0.25) is 0 Å². The van der Waals surface area contributed by atoms with Crippen LogP contribution >= 0.6 is 0 Å². The molecule has 1 aromatic heterocycles. The molecule has 0 aliphatic carbocycles. The van der Waals surface area contributed by atoms with Gasteiger partial charge in [-0.25, -0.2) is 9.97 Å². The summed E-state index contributed by atoms with van der Waals surface area (Å²) in [6, 6.07) is 12.3. The Kier molecular flexibility index (Phi) is 6.50. The van der Waals surface area contributed by atoms with E-state index in [-0.39, 0.29) is 24.1 Å². The fraction of sp³-hybridized carbons (Fsp3) is 0.250. The molecule has 2 amide bonds. The topological polar surface area (TPSA) is 122 Å². The lowest BCUT2D eigenvalue weighted by molar-refractivity contribution is -0.154. The SMILES string of the molecule is CO[C@@H](Cc1ccc2c(N)ncnc2c1)N1CCN(C(=O)C=Cc2cccc(O)c2)CC1=O. The van der Waals surface area contributed by atoms with Crippen LogP contribution in [0.1, 0.15) is 11.1 Å². The molecular formula is C24H25N5O4. The number of carbonyl (C=O) groups excluding carboxylic acids is 2. The number of amides is 2. The highest BCUT2D eigenvalue weighted by molar-refractivity contribution is 5.95. The van der Waals surface area contributed by atoms with Gasteiger partial charge in [0.2, 0.25) is 11.8 Å². The number of anilines is 1. The highest BCUT2D eigenvalue weighted by atomic mass is 16.5. The summed E-state index contributed by atoms with van der Waals surface area (Å²) in [5, 5.41) is 10.3. The molecule has 0 radical (unpaired) electrons. The van der Waals surface area contributed by atoms with Crippen LogP contribution in [0.3, 0.4) is 0 Å². The molecule has 0 saturated carbocycles. The molecule has 0 unspecified atom stereocenters. The van der Waals surface area contributed by atoms with E-state index in [2.05, 4.69) is 9.97 Å². The normalized spacial score (nSPS) is 15.4. The van der Waals surface area contributed by atoms with Crippen molar-refractivity contribution < 1.29 is 19.4 Å². The minimum Gasteiger partial charge on any atom is -0.508 e. The maximum absolute atomic E-state index is 12.8. The number of phenolic OH excluding ortho intramolecular Hbond substituents is 1. The van der Waals surface area contributed by atoms with Crippen LogP contribution in [0.15, 0.2) is 54.9 Å². The summed E-state index contributed by atoms with van der Waals surface area (Å²) in [6.45, 7) is 0.743. The summed E-state index contributed by atoms with van der Waals surface area (Å²) in [5.41, 5.74) is 8.28. The first-order valence-electron chi connectivity index (χ1n) is 10.5. The molecule has 33 heavy (non-hydrogen) atoms. The molecule has 1 atom stereocenters. The number of hydrogen-bond donors (Lipinski definition) is 2. The highest BCUT2D eigenvalue weighted by Crippen LogP contribution is 2.21. The van der Waals surface area contributed by atoms with Crippen molar-refractivity contribution in [3.63, 3.8) is 0 Å². The third-order valence-electron chi connectivity index (χ3n) is 5.62. The number of phenols is 1. The van der Waals surface area contributed by atoms with Crippen molar-refractivity contribution in [2.75, 3.05) is 32.5 Å². The molecular weight excluding hydrogens is 422 g/mol. The number of nitrogens with two attached hydrogens (primary N) is 1. The number of piperazine rings is 1. The average molecular weight is 447 g/mol. The molecule has 0 bridgehead atoms. The second-order valence-electron chi connectivity index (χ2n) is 7.78. The molecule has 170 valence electrons. The Morgan fingerprint density at radius 3 is 2.85 bits per heavy atom. The summed E-state index contributed by atoms with van der Waals surface area (Å²) in [7, 11) is 1.56. The van der Waals surface area contributed by atoms with Crippen LogP contribution in [0, 0.1) is 0 Å². The molecule has 9 nitrogen and oxygen atoms in total. The zero-order chi connectivity index (χ0) is 23.4. The summed E-state index contributed by atoms with van der Waals surface area (Å²) in [4.78, 5) is 36.8. The number of aromatic nitrogens is 2. The second-order valence-corrected chi connectivity index (χ2v) is 7.78. The van der Waals surface area contributed by atoms with Crippen LogP contribution in [-0.4, -0.2) is 69.7 Å². The molecule has 1 aliphatic heterocycles. The summed E-state index contributed by atoms with van der Waals surface area (Å²) in [5.74, 6) is 0.108. The van der Waals surface area contributed by atoms with Gasteiger partial charge in [0.05, 0.1) is 5.52 Å². The smallest absolute Gasteiger partial charge is 0.247 e. The molecule has 1 fully saturated rings. The standard InChI is InChI=1S/C24H25N5O4/c1-33-23(13-17-5-7-19-20(12-17)26-15-27-24(19)25)29-10-9-28(14-22(29)32)21(31)8-6-16-3-2-4-18(30)11-16/h2-8,11-12,15,23,30H,9-10,13-14H2,1H3,(H2,25,26,27)/t23-/m0/s1. The molecule has 3 aromatic rings. The van der Waals surface area contributed by atoms with Gasteiger partial charge < -0.3 is 25.4 Å². The van der Waals surface area contributed by atoms with Crippen molar-refractivity contribution in [1.29, 1.82) is 0 Å². The van der Waals surface area contributed by atoms with E-state index in [1.165, 1.54) is 17.3 Å². The van der Waals surface area contributed by atoms with E-state index in [1.54, 1.807) is 42.4 Å². The Balaban J connectivity index is 1.40. The van der Waals surface area contributed by atoms with Gasteiger partial charge in [0, 0.05) is 38.1 Å². The number of fused-ring (bicyclic) bond motifs is 1. The largest absolute Gasteiger partial charge is 0.508 e. The first kappa shape index (κ1) is 22.2. The van der Waals surface area contributed by atoms with Gasteiger partial charge in [0.1, 0.15) is 30.7 Å². The Morgan fingerprint density at radius 1 is 1.24 bits per heavy atom. The predicted octanol–water partition coefficient (Wildman–Crippen LogP) is 1.82. The number of nitrogen functional groups attached to an aromatic ring is 1. The van der Waals surface area contributed by atoms with Crippen LogP contribution in [0.5, 0.6) is 5.75 Å². The van der Waals surface area contributed by atoms with Crippen molar-refractivity contribution >= 4 is 34.6 Å². The van der Waals surface area contributed by atoms with E-state index < -0.39 is 6.23 Å². The number of nitrogens with zero attached hydrogens (tertiary/aromatic N) is 4. The van der Waals surface area contributed by atoms with Gasteiger partial charge in [-0.1, -0.05) is 18.2 Å².